The first-order valence-electron chi connectivity index (χ1n) is 14.6. The predicted molar refractivity (Wildman–Crippen MR) is 175 cm³/mol. The lowest BCUT2D eigenvalue weighted by molar-refractivity contribution is -0.677. The first-order valence-corrected chi connectivity index (χ1v) is 15.9. The quantitative estimate of drug-likeness (QED) is 0.133. The van der Waals surface area contributed by atoms with Gasteiger partial charge in [-0.3, -0.25) is 4.90 Å². The van der Waals surface area contributed by atoms with E-state index in [1.54, 1.807) is 0 Å². The molecule has 204 valence electrons. The number of fused-ring (bicyclic) bond motifs is 4. The Morgan fingerprint density at radius 2 is 1.77 bits per heavy atom. The average Bonchev–Trinajstić information content (AvgIpc) is 3.30. The van der Waals surface area contributed by atoms with Crippen molar-refractivity contribution in [2.45, 2.75) is 65.3 Å². The highest BCUT2D eigenvalue weighted by molar-refractivity contribution is 7.83. The minimum absolute atomic E-state index is 0.590. The van der Waals surface area contributed by atoms with Crippen LogP contribution in [-0.4, -0.2) is 6.54 Å². The standard InChI is InChI=1S/C36H38ClN2S/c1-6-39-32-15-14-26-10-7-8-13-30(26)36(32)40-34(39)21-29-12-9-11-28(35(29)37)20-27-16-17-38(22-23(2)3)33-19-25(5)24(4)18-31(27)33/h7-8,10,13-21,23H,6,9,11-12,22H2,1-5H3/q+1/p+1. The zero-order valence-electron chi connectivity index (χ0n) is 24.3. The van der Waals surface area contributed by atoms with Crippen LogP contribution in [0.15, 0.2) is 93.0 Å². The van der Waals surface area contributed by atoms with Crippen LogP contribution in [0.2, 0.25) is 0 Å². The number of benzene rings is 3. The molecule has 0 spiro atoms. The number of hydrogen-bond donors (Lipinski definition) is 0. The summed E-state index contributed by atoms with van der Waals surface area (Å²) in [5.41, 5.74) is 9.07. The summed E-state index contributed by atoms with van der Waals surface area (Å²) in [5.74, 6) is 0.590. The van der Waals surface area contributed by atoms with E-state index in [4.69, 9.17) is 11.6 Å². The van der Waals surface area contributed by atoms with Crippen molar-refractivity contribution in [3.05, 3.63) is 105 Å². The van der Waals surface area contributed by atoms with Gasteiger partial charge in [0.05, 0.1) is 17.1 Å². The summed E-state index contributed by atoms with van der Waals surface area (Å²) < 4.78 is 2.41. The molecule has 0 unspecified atom stereocenters. The van der Waals surface area contributed by atoms with Gasteiger partial charge in [0.2, 0.25) is 10.5 Å². The Bertz CT molecular complexity index is 1730. The van der Waals surface area contributed by atoms with Gasteiger partial charge in [-0.1, -0.05) is 49.7 Å². The second kappa shape index (κ2) is 11.1. The van der Waals surface area contributed by atoms with Crippen LogP contribution >= 0.6 is 11.6 Å². The fraction of sp³-hybridized carbons (Fsp3) is 0.306. The Labute approximate surface area is 248 Å². The molecule has 1 aliphatic carbocycles. The lowest BCUT2D eigenvalue weighted by atomic mass is 9.92. The summed E-state index contributed by atoms with van der Waals surface area (Å²) in [6, 6.07) is 20.3. The van der Waals surface area contributed by atoms with E-state index < -0.39 is 0 Å². The summed E-state index contributed by atoms with van der Waals surface area (Å²) in [6.45, 7) is 13.2. The lowest BCUT2D eigenvalue weighted by Gasteiger charge is -2.19. The van der Waals surface area contributed by atoms with Crippen LogP contribution in [-0.2, 0) is 18.3 Å². The number of aromatic nitrogens is 1. The number of anilines is 1. The van der Waals surface area contributed by atoms with E-state index in [9.17, 15) is 0 Å². The van der Waals surface area contributed by atoms with E-state index in [-0.39, 0.29) is 0 Å². The molecular formula is C36H39ClN2S+2. The number of allylic oxidation sites excluding steroid dienone is 4. The van der Waals surface area contributed by atoms with Crippen molar-refractivity contribution in [1.29, 1.82) is 0 Å². The summed E-state index contributed by atoms with van der Waals surface area (Å²) in [6.07, 6.45) is 10.1. The molecule has 0 atom stereocenters. The third-order valence-corrected chi connectivity index (χ3v) is 10.1. The number of thiol groups is 1. The molecule has 40 heavy (non-hydrogen) atoms. The summed E-state index contributed by atoms with van der Waals surface area (Å²) >= 11 is 8.49. The Kier molecular flexibility index (Phi) is 7.54. The highest BCUT2D eigenvalue weighted by Gasteiger charge is 2.34. The largest absolute Gasteiger partial charge is 0.298 e. The normalized spacial score (nSPS) is 17.7. The molecule has 2 heterocycles. The van der Waals surface area contributed by atoms with Crippen LogP contribution in [0.3, 0.4) is 0 Å². The summed E-state index contributed by atoms with van der Waals surface area (Å²) in [4.78, 5) is 3.87. The molecule has 0 radical (unpaired) electrons. The molecule has 0 fully saturated rings. The van der Waals surface area contributed by atoms with E-state index in [0.717, 1.165) is 37.4 Å². The van der Waals surface area contributed by atoms with Gasteiger partial charge in [-0.05, 0) is 97.5 Å². The molecule has 0 saturated carbocycles. The average molecular weight is 567 g/mol. The number of halogens is 1. The highest BCUT2D eigenvalue weighted by atomic mass is 35.5. The zero-order valence-corrected chi connectivity index (χ0v) is 25.9. The summed E-state index contributed by atoms with van der Waals surface area (Å²) in [5, 5.41) is 6.23. The van der Waals surface area contributed by atoms with Crippen molar-refractivity contribution in [2.75, 3.05) is 11.4 Å². The number of aryl methyl sites for hydroxylation is 2. The Morgan fingerprint density at radius 3 is 2.58 bits per heavy atom. The third-order valence-electron chi connectivity index (χ3n) is 8.31. The van der Waals surface area contributed by atoms with Crippen molar-refractivity contribution in [3.8, 4) is 0 Å². The number of pyridine rings is 1. The fourth-order valence-corrected chi connectivity index (χ4v) is 7.87. The molecule has 2 aliphatic rings. The first kappa shape index (κ1) is 27.2. The number of rotatable bonds is 5. The maximum atomic E-state index is 7.22. The minimum Gasteiger partial charge on any atom is -0.298 e. The second-order valence-corrected chi connectivity index (χ2v) is 13.2. The van der Waals surface area contributed by atoms with E-state index in [1.165, 1.54) is 76.9 Å². The van der Waals surface area contributed by atoms with E-state index in [2.05, 4.69) is 117 Å². The maximum Gasteiger partial charge on any atom is 0.231 e. The molecule has 1 aromatic heterocycles. The SMILES string of the molecule is CCN1/C(=C/C2=C(Cl)C(=C/c3cc[n+](CC(C)C)c4cc(C)c(C)cc34)/CCC2)[SH+]c2c1ccc1ccccc21. The van der Waals surface area contributed by atoms with Crippen LogP contribution in [0.5, 0.6) is 0 Å². The van der Waals surface area contributed by atoms with Gasteiger partial charge in [0.25, 0.3) is 0 Å². The predicted octanol–water partition coefficient (Wildman–Crippen LogP) is 9.17. The van der Waals surface area contributed by atoms with Crippen LogP contribution < -0.4 is 9.47 Å². The second-order valence-electron chi connectivity index (χ2n) is 11.6. The number of nitrogens with zero attached hydrogens (tertiary/aromatic N) is 2. The van der Waals surface area contributed by atoms with Crippen LogP contribution in [0.25, 0.3) is 27.8 Å². The highest BCUT2D eigenvalue weighted by Crippen LogP contribution is 2.42. The minimum atomic E-state index is 0.590. The zero-order chi connectivity index (χ0) is 28.0. The fourth-order valence-electron chi connectivity index (χ4n) is 6.12. The van der Waals surface area contributed by atoms with E-state index >= 15 is 0 Å². The topological polar surface area (TPSA) is 7.12 Å². The smallest absolute Gasteiger partial charge is 0.231 e. The molecule has 1 aliphatic heterocycles. The summed E-state index contributed by atoms with van der Waals surface area (Å²) in [7, 11) is 0. The first-order chi connectivity index (χ1) is 19.3. The van der Waals surface area contributed by atoms with Gasteiger partial charge in [0.15, 0.2) is 17.6 Å². The lowest BCUT2D eigenvalue weighted by Crippen LogP contribution is -2.37. The molecular weight excluding hydrogens is 528 g/mol. The van der Waals surface area contributed by atoms with Crippen molar-refractivity contribution in [3.63, 3.8) is 0 Å². The van der Waals surface area contributed by atoms with Gasteiger partial charge in [-0.25, -0.2) is 0 Å². The van der Waals surface area contributed by atoms with Crippen LogP contribution in [0.1, 0.15) is 56.7 Å². The number of hydrogen-bond acceptors (Lipinski definition) is 1. The van der Waals surface area contributed by atoms with Crippen molar-refractivity contribution in [1.82, 2.24) is 0 Å². The van der Waals surface area contributed by atoms with Gasteiger partial charge in [0, 0.05) is 41.1 Å². The van der Waals surface area contributed by atoms with E-state index in [0.29, 0.717) is 5.92 Å². The molecule has 0 N–H and O–H groups in total. The maximum absolute atomic E-state index is 7.22. The van der Waals surface area contributed by atoms with Crippen molar-refractivity contribution < 1.29 is 4.57 Å². The van der Waals surface area contributed by atoms with Crippen molar-refractivity contribution in [2.24, 2.45) is 5.92 Å². The van der Waals surface area contributed by atoms with Gasteiger partial charge in [-0.2, -0.15) is 4.57 Å². The van der Waals surface area contributed by atoms with Crippen LogP contribution in [0, 0.1) is 19.8 Å². The van der Waals surface area contributed by atoms with Gasteiger partial charge in [-0.15, -0.1) is 0 Å². The molecule has 0 amide bonds. The van der Waals surface area contributed by atoms with Gasteiger partial charge < -0.3 is 0 Å². The third kappa shape index (κ3) is 4.99. The Morgan fingerprint density at radius 1 is 0.975 bits per heavy atom. The molecule has 0 saturated heterocycles. The van der Waals surface area contributed by atoms with Gasteiger partial charge in [0.1, 0.15) is 5.69 Å². The van der Waals surface area contributed by atoms with Crippen molar-refractivity contribution >= 4 is 56.8 Å². The molecule has 4 heteroatoms. The molecule has 2 nitrogen and oxygen atoms in total. The molecule has 4 aromatic rings. The molecule has 6 rings (SSSR count). The molecule has 0 bridgehead atoms. The Hall–Kier alpha value is -3.01. The van der Waals surface area contributed by atoms with E-state index in [1.807, 2.05) is 0 Å². The Balaban J connectivity index is 1.41. The van der Waals surface area contributed by atoms with Gasteiger partial charge >= 0.3 is 0 Å². The molecule has 3 aromatic carbocycles. The van der Waals surface area contributed by atoms with Crippen LogP contribution in [0.4, 0.5) is 5.69 Å². The monoisotopic (exact) mass is 566 g/mol.